The first kappa shape index (κ1) is 27.3. The number of carbonyl (C=O) groups excluding carboxylic acids is 1. The van der Waals surface area contributed by atoms with E-state index in [1.54, 1.807) is 39.2 Å². The van der Waals surface area contributed by atoms with Crippen LogP contribution in [0.5, 0.6) is 11.5 Å². The Bertz CT molecular complexity index is 1310. The van der Waals surface area contributed by atoms with Gasteiger partial charge < -0.3 is 14.8 Å². The molecule has 1 aromatic heterocycles. The van der Waals surface area contributed by atoms with Crippen LogP contribution in [0.15, 0.2) is 27.9 Å². The summed E-state index contributed by atoms with van der Waals surface area (Å²) in [7, 11) is 4.80. The number of ether oxygens (including phenoxy) is 2. The van der Waals surface area contributed by atoms with E-state index in [0.29, 0.717) is 57.2 Å². The molecule has 0 bridgehead atoms. The number of thioether (sulfide) groups is 1. The monoisotopic (exact) mass is 526 g/mol. The Balaban J connectivity index is 1.95. The topological polar surface area (TPSA) is 96.6 Å². The predicted molar refractivity (Wildman–Crippen MR) is 148 cm³/mol. The number of pyridine rings is 1. The van der Waals surface area contributed by atoms with E-state index in [1.807, 2.05) is 24.3 Å². The van der Waals surface area contributed by atoms with Gasteiger partial charge in [0.05, 0.1) is 19.1 Å². The molecule has 190 valence electrons. The zero-order valence-electron chi connectivity index (χ0n) is 21.1. The molecule has 0 aliphatic carbocycles. The highest BCUT2D eigenvalue weighted by atomic mass is 32.2. The van der Waals surface area contributed by atoms with Crippen molar-refractivity contribution in [3.05, 3.63) is 55.7 Å². The Morgan fingerprint density at radius 3 is 2.58 bits per heavy atom. The van der Waals surface area contributed by atoms with Gasteiger partial charge in [0.25, 0.3) is 11.5 Å². The number of nitrogens with one attached hydrogen (secondary N) is 1. The third-order valence-electron chi connectivity index (χ3n) is 6.04. The number of hydrogen-bond donors (Lipinski definition) is 1. The SMILES string of the molecule is CCCCN1C(=O)/C(=C\c2c(C)c(C#N)c(=O)n(C)c2NCCc2ccc(OC)c(OC)c2)SC1=S. The molecule has 0 unspecified atom stereocenters. The molecule has 1 aliphatic rings. The number of hydrogen-bond acceptors (Lipinski definition) is 8. The molecule has 1 saturated heterocycles. The first-order valence-corrected chi connectivity index (χ1v) is 12.8. The lowest BCUT2D eigenvalue weighted by Crippen LogP contribution is -2.29. The number of methoxy groups -OCH3 is 2. The summed E-state index contributed by atoms with van der Waals surface area (Å²) in [6.45, 7) is 4.87. The summed E-state index contributed by atoms with van der Waals surface area (Å²) in [6.07, 6.45) is 4.20. The van der Waals surface area contributed by atoms with Crippen molar-refractivity contribution in [1.82, 2.24) is 9.47 Å². The highest BCUT2D eigenvalue weighted by molar-refractivity contribution is 8.26. The molecule has 1 N–H and O–H groups in total. The summed E-state index contributed by atoms with van der Waals surface area (Å²) in [4.78, 5) is 28.0. The molecule has 0 radical (unpaired) electrons. The number of aromatic nitrogens is 1. The molecule has 0 atom stereocenters. The van der Waals surface area contributed by atoms with Gasteiger partial charge in [-0.1, -0.05) is 43.4 Å². The maximum atomic E-state index is 13.0. The number of anilines is 1. The Kier molecular flexibility index (Phi) is 9.18. The maximum Gasteiger partial charge on any atom is 0.270 e. The van der Waals surface area contributed by atoms with Crippen molar-refractivity contribution < 1.29 is 14.3 Å². The zero-order valence-corrected chi connectivity index (χ0v) is 22.8. The molecule has 1 fully saturated rings. The van der Waals surface area contributed by atoms with Crippen molar-refractivity contribution in [2.45, 2.75) is 33.1 Å². The predicted octanol–water partition coefficient (Wildman–Crippen LogP) is 4.24. The molecule has 0 saturated carbocycles. The van der Waals surface area contributed by atoms with Gasteiger partial charge in [-0.05, 0) is 49.1 Å². The van der Waals surface area contributed by atoms with Crippen LogP contribution < -0.4 is 20.3 Å². The van der Waals surface area contributed by atoms with Gasteiger partial charge in [0, 0.05) is 25.7 Å². The molecule has 8 nitrogen and oxygen atoms in total. The van der Waals surface area contributed by atoms with Crippen molar-refractivity contribution in [3.8, 4) is 17.6 Å². The average Bonchev–Trinajstić information content (AvgIpc) is 3.14. The van der Waals surface area contributed by atoms with Crippen LogP contribution in [0.3, 0.4) is 0 Å². The Morgan fingerprint density at radius 1 is 1.22 bits per heavy atom. The number of amides is 1. The van der Waals surface area contributed by atoms with Gasteiger partial charge in [0.1, 0.15) is 21.8 Å². The Labute approximate surface area is 220 Å². The Morgan fingerprint density at radius 2 is 1.94 bits per heavy atom. The second-order valence-corrected chi connectivity index (χ2v) is 9.97. The third-order valence-corrected chi connectivity index (χ3v) is 7.42. The Hall–Kier alpha value is -3.29. The molecular formula is C26H30N4O4S2. The number of thiocarbonyl (C=S) groups is 1. The van der Waals surface area contributed by atoms with E-state index in [9.17, 15) is 14.9 Å². The molecule has 3 rings (SSSR count). The molecule has 2 heterocycles. The van der Waals surface area contributed by atoms with E-state index in [4.69, 9.17) is 21.7 Å². The fourth-order valence-electron chi connectivity index (χ4n) is 3.95. The number of carbonyl (C=O) groups is 1. The summed E-state index contributed by atoms with van der Waals surface area (Å²) in [5.41, 5.74) is 1.82. The summed E-state index contributed by atoms with van der Waals surface area (Å²) in [5.74, 6) is 1.68. The maximum absolute atomic E-state index is 13.0. The first-order valence-electron chi connectivity index (χ1n) is 11.6. The second kappa shape index (κ2) is 12.1. The van der Waals surface area contributed by atoms with Gasteiger partial charge in [-0.15, -0.1) is 0 Å². The summed E-state index contributed by atoms with van der Waals surface area (Å²) < 4.78 is 12.6. The average molecular weight is 527 g/mol. The van der Waals surface area contributed by atoms with Crippen molar-refractivity contribution >= 4 is 46.1 Å². The second-order valence-electron chi connectivity index (χ2n) is 8.29. The third kappa shape index (κ3) is 5.58. The van der Waals surface area contributed by atoms with Crippen LogP contribution in [0.2, 0.25) is 0 Å². The van der Waals surface area contributed by atoms with E-state index >= 15 is 0 Å². The summed E-state index contributed by atoms with van der Waals surface area (Å²) in [6, 6.07) is 7.73. The van der Waals surface area contributed by atoms with E-state index in [1.165, 1.54) is 16.3 Å². The van der Waals surface area contributed by atoms with Crippen LogP contribution in [-0.2, 0) is 18.3 Å². The fourth-order valence-corrected chi connectivity index (χ4v) is 5.24. The van der Waals surface area contributed by atoms with Crippen molar-refractivity contribution in [2.24, 2.45) is 7.05 Å². The van der Waals surface area contributed by atoms with Crippen LogP contribution >= 0.6 is 24.0 Å². The summed E-state index contributed by atoms with van der Waals surface area (Å²) >= 11 is 6.67. The molecule has 10 heteroatoms. The van der Waals surface area contributed by atoms with Crippen LogP contribution in [0, 0.1) is 18.3 Å². The van der Waals surface area contributed by atoms with Crippen LogP contribution in [0.1, 0.15) is 42.0 Å². The number of unbranched alkanes of at least 4 members (excludes halogenated alkanes) is 1. The molecule has 1 amide bonds. The highest BCUT2D eigenvalue weighted by Gasteiger charge is 2.32. The minimum Gasteiger partial charge on any atom is -0.493 e. The smallest absolute Gasteiger partial charge is 0.270 e. The van der Waals surface area contributed by atoms with Gasteiger partial charge in [-0.3, -0.25) is 19.1 Å². The number of nitrogens with zero attached hydrogens (tertiary/aromatic N) is 3. The van der Waals surface area contributed by atoms with Gasteiger partial charge in [-0.25, -0.2) is 0 Å². The molecular weight excluding hydrogens is 496 g/mol. The lowest BCUT2D eigenvalue weighted by molar-refractivity contribution is -0.122. The molecule has 36 heavy (non-hydrogen) atoms. The molecule has 2 aromatic rings. The van der Waals surface area contributed by atoms with Gasteiger partial charge in [0.15, 0.2) is 11.5 Å². The van der Waals surface area contributed by atoms with Crippen molar-refractivity contribution in [1.29, 1.82) is 5.26 Å². The quantitative estimate of drug-likeness (QED) is 0.363. The number of benzene rings is 1. The van der Waals surface area contributed by atoms with Crippen LogP contribution in [0.25, 0.3) is 6.08 Å². The van der Waals surface area contributed by atoms with Gasteiger partial charge in [0.2, 0.25) is 0 Å². The highest BCUT2D eigenvalue weighted by Crippen LogP contribution is 2.35. The molecule has 1 aliphatic heterocycles. The normalized spacial score (nSPS) is 14.3. The largest absolute Gasteiger partial charge is 0.493 e. The fraction of sp³-hybridized carbons (Fsp3) is 0.385. The van der Waals surface area contributed by atoms with Gasteiger partial charge >= 0.3 is 0 Å². The van der Waals surface area contributed by atoms with E-state index in [2.05, 4.69) is 12.2 Å². The first-order chi connectivity index (χ1) is 17.3. The minimum absolute atomic E-state index is 0.0515. The number of rotatable bonds is 10. The summed E-state index contributed by atoms with van der Waals surface area (Å²) in [5, 5.41) is 13.0. The van der Waals surface area contributed by atoms with Crippen LogP contribution in [-0.4, -0.2) is 47.0 Å². The minimum atomic E-state index is -0.392. The van der Waals surface area contributed by atoms with E-state index in [-0.39, 0.29) is 11.5 Å². The van der Waals surface area contributed by atoms with Crippen LogP contribution in [0.4, 0.5) is 5.82 Å². The molecule has 0 spiro atoms. The zero-order chi connectivity index (χ0) is 26.4. The molecule has 1 aromatic carbocycles. The number of nitriles is 1. The van der Waals surface area contributed by atoms with Crippen molar-refractivity contribution in [3.63, 3.8) is 0 Å². The van der Waals surface area contributed by atoms with E-state index < -0.39 is 5.56 Å². The lowest BCUT2D eigenvalue weighted by Gasteiger charge is -2.18. The van der Waals surface area contributed by atoms with E-state index in [0.717, 1.165) is 18.4 Å². The standard InChI is InChI=1S/C26H30N4O4S2/c1-6-7-12-30-25(32)22(36-26(30)35)14-18-16(2)19(15-27)24(31)29(3)23(18)28-11-10-17-8-9-20(33-4)21(13-17)34-5/h8-9,13-14,28H,6-7,10-12H2,1-5H3/b22-14+. The van der Waals surface area contributed by atoms with Crippen molar-refractivity contribution in [2.75, 3.05) is 32.6 Å². The van der Waals surface area contributed by atoms with Gasteiger partial charge in [-0.2, -0.15) is 5.26 Å². The lowest BCUT2D eigenvalue weighted by atomic mass is 10.0.